The third kappa shape index (κ3) is 13.0. The van der Waals surface area contributed by atoms with Gasteiger partial charge in [0.05, 0.1) is 46.7 Å². The summed E-state index contributed by atoms with van der Waals surface area (Å²) < 4.78 is 14.6. The first kappa shape index (κ1) is 59.9. The molecule has 3 fully saturated rings. The van der Waals surface area contributed by atoms with E-state index >= 15 is 0 Å². The lowest BCUT2D eigenvalue weighted by atomic mass is 9.84. The van der Waals surface area contributed by atoms with Crippen LogP contribution in [0.3, 0.4) is 0 Å². The number of esters is 1. The van der Waals surface area contributed by atoms with E-state index in [2.05, 4.69) is 77.2 Å². The Morgan fingerprint density at radius 3 is 2.37 bits per heavy atom. The zero-order valence-corrected chi connectivity index (χ0v) is 47.7. The van der Waals surface area contributed by atoms with Gasteiger partial charge in [-0.25, -0.2) is 15.2 Å². The number of hydrazine groups is 1. The average molecular weight is 1080 g/mol. The van der Waals surface area contributed by atoms with Crippen LogP contribution in [0.25, 0.3) is 33.4 Å². The van der Waals surface area contributed by atoms with E-state index in [1.807, 2.05) is 18.5 Å². The maximum absolute atomic E-state index is 14.7. The molecule has 3 aromatic heterocycles. The number of anilines is 1. The highest BCUT2D eigenvalue weighted by molar-refractivity contribution is 7.59. The Bertz CT molecular complexity index is 2470. The normalized spacial score (nSPS) is 20.5. The number of carbonyl (C=O) groups excluding carboxylic acids is 4. The summed E-state index contributed by atoms with van der Waals surface area (Å²) in [5.41, 5.74) is 10.6. The molecule has 2 N–H and O–H groups in total. The number of piperazine rings is 1. The van der Waals surface area contributed by atoms with Crippen LogP contribution in [0, 0.1) is 11.3 Å². The SMILES string of the molecule is CCn1c(-c2cc(N3CCN(C)CC3)cnc2[C@H](C)OC)c2c3cc(ccc31)-c1csc(n1)C[C@H](NC(=O)[C@H](C1CCCC1)N(C)C(=O)N(C)C)C(=O)N1CCC[C@H](N1)C(=O)OCC(C)(C)C2.S.S.S.S. The smallest absolute Gasteiger partial charge is 0.324 e. The zero-order chi connectivity index (χ0) is 47.7. The zero-order valence-electron chi connectivity index (χ0n) is 42.9. The third-order valence-electron chi connectivity index (χ3n) is 14.3. The molecule has 21 heteroatoms. The van der Waals surface area contributed by atoms with E-state index in [9.17, 15) is 19.2 Å². The summed E-state index contributed by atoms with van der Waals surface area (Å²) in [5, 5.41) is 8.34. The molecule has 0 unspecified atom stereocenters. The van der Waals surface area contributed by atoms with Gasteiger partial charge in [-0.2, -0.15) is 54.0 Å². The number of ether oxygens (including phenoxy) is 2. The molecule has 8 rings (SSSR count). The molecule has 0 spiro atoms. The Morgan fingerprint density at radius 1 is 1.00 bits per heavy atom. The van der Waals surface area contributed by atoms with Crippen LogP contribution in [0.15, 0.2) is 35.8 Å². The number of carbonyl (C=O) groups is 4. The molecular weight excluding hydrogens is 997 g/mol. The molecule has 2 saturated heterocycles. The first-order chi connectivity index (χ1) is 32.1. The second-order valence-electron chi connectivity index (χ2n) is 20.0. The fourth-order valence-corrected chi connectivity index (χ4v) is 11.4. The Morgan fingerprint density at radius 2 is 1.70 bits per heavy atom. The second-order valence-corrected chi connectivity index (χ2v) is 21.0. The number of rotatable bonds is 9. The monoisotopic (exact) mass is 1070 g/mol. The van der Waals surface area contributed by atoms with Crippen molar-refractivity contribution in [3.63, 3.8) is 0 Å². The number of hydrogen-bond acceptors (Lipinski definition) is 12. The molecule has 4 amide bonds. The lowest BCUT2D eigenvalue weighted by Gasteiger charge is -2.37. The van der Waals surface area contributed by atoms with Gasteiger partial charge in [0.15, 0.2) is 0 Å². The number of aromatic nitrogens is 3. The Balaban J connectivity index is 0.00000274. The number of aryl methyl sites for hydroxylation is 1. The lowest BCUT2D eigenvalue weighted by Crippen LogP contribution is -2.62. The molecule has 394 valence electrons. The molecular formula is C50H78N10O6S5. The molecule has 0 radical (unpaired) electrons. The summed E-state index contributed by atoms with van der Waals surface area (Å²) in [6.07, 6.45) is 7.06. The van der Waals surface area contributed by atoms with Crippen LogP contribution in [0.2, 0.25) is 0 Å². The molecule has 4 aromatic rings. The van der Waals surface area contributed by atoms with Gasteiger partial charge in [-0.05, 0) is 82.7 Å². The van der Waals surface area contributed by atoms with Crippen molar-refractivity contribution in [2.45, 2.75) is 110 Å². The van der Waals surface area contributed by atoms with Crippen molar-refractivity contribution in [2.75, 3.05) is 79.5 Å². The number of methoxy groups -OCH3 is 1. The van der Waals surface area contributed by atoms with E-state index in [4.69, 9.17) is 19.4 Å². The number of cyclic esters (lactones) is 1. The number of fused-ring (bicyclic) bond motifs is 6. The van der Waals surface area contributed by atoms with Crippen molar-refractivity contribution in [1.82, 2.24) is 45.0 Å². The summed E-state index contributed by atoms with van der Waals surface area (Å²) in [4.78, 5) is 74.5. The van der Waals surface area contributed by atoms with Crippen LogP contribution in [0.1, 0.15) is 88.6 Å². The quantitative estimate of drug-likeness (QED) is 0.175. The molecule has 4 atom stereocenters. The number of pyridine rings is 1. The van der Waals surface area contributed by atoms with E-state index in [0.717, 1.165) is 102 Å². The highest BCUT2D eigenvalue weighted by Crippen LogP contribution is 2.43. The highest BCUT2D eigenvalue weighted by atomic mass is 32.1. The van der Waals surface area contributed by atoms with Gasteiger partial charge < -0.3 is 39.0 Å². The second kappa shape index (κ2) is 25.5. The molecule has 6 heterocycles. The minimum atomic E-state index is -1.02. The molecule has 1 aliphatic carbocycles. The van der Waals surface area contributed by atoms with E-state index in [0.29, 0.717) is 37.4 Å². The Labute approximate surface area is 452 Å². The molecule has 6 bridgehead atoms. The highest BCUT2D eigenvalue weighted by Gasteiger charge is 2.41. The summed E-state index contributed by atoms with van der Waals surface area (Å²) in [6.45, 7) is 13.4. The number of nitrogens with zero attached hydrogens (tertiary/aromatic N) is 8. The van der Waals surface area contributed by atoms with Gasteiger partial charge in [0.2, 0.25) is 5.91 Å². The van der Waals surface area contributed by atoms with Gasteiger partial charge in [-0.3, -0.25) is 24.4 Å². The average Bonchev–Trinajstić information content (AvgIpc) is 4.10. The number of likely N-dealkylation sites (N-methyl/N-ethyl adjacent to an activating group) is 2. The number of benzene rings is 1. The molecule has 71 heavy (non-hydrogen) atoms. The van der Waals surface area contributed by atoms with Crippen LogP contribution >= 0.6 is 65.3 Å². The maximum Gasteiger partial charge on any atom is 0.324 e. The van der Waals surface area contributed by atoms with Crippen LogP contribution in [-0.4, -0.2) is 151 Å². The standard InChI is InChI=1S/C50H70N10O6S.4H2S/c1-10-59-41-18-17-33-24-35(41)37(45(59)36-25-34(28-51-43(36)31(2)65-9)58-22-20-56(7)21-23-58)27-50(3,4)30-66-48(63)38-16-13-19-60(54-38)47(62)39(26-42-52-40(33)29-67-42)53-46(61)44(32-14-11-12-15-32)57(8)49(64)55(5)6;;;;/h17-18,24-25,28-29,31-32,38-39,44,54H,10-16,19-23,26-27,30H2,1-9H3,(H,53,61);4*1H2/t31-,38-,39-,44-;;;;/m0..../s1. The minimum Gasteiger partial charge on any atom is -0.464 e. The van der Waals surface area contributed by atoms with Gasteiger partial charge >= 0.3 is 12.0 Å². The first-order valence-electron chi connectivity index (χ1n) is 24.1. The van der Waals surface area contributed by atoms with Crippen LogP contribution in [-0.2, 0) is 43.2 Å². The summed E-state index contributed by atoms with van der Waals surface area (Å²) >= 11 is 1.45. The van der Waals surface area contributed by atoms with Crippen molar-refractivity contribution >= 4 is 106 Å². The lowest BCUT2D eigenvalue weighted by molar-refractivity contribution is -0.155. The van der Waals surface area contributed by atoms with Crippen molar-refractivity contribution in [3.05, 3.63) is 52.1 Å². The van der Waals surface area contributed by atoms with Gasteiger partial charge in [0.1, 0.15) is 18.1 Å². The number of urea groups is 1. The molecule has 3 aliphatic heterocycles. The maximum atomic E-state index is 14.7. The topological polar surface area (TPSA) is 158 Å². The predicted octanol–water partition coefficient (Wildman–Crippen LogP) is 6.58. The van der Waals surface area contributed by atoms with Crippen molar-refractivity contribution in [2.24, 2.45) is 11.3 Å². The number of hydrogen-bond donors (Lipinski definition) is 2. The third-order valence-corrected chi connectivity index (χ3v) is 15.2. The van der Waals surface area contributed by atoms with Gasteiger partial charge in [-0.1, -0.05) is 32.8 Å². The summed E-state index contributed by atoms with van der Waals surface area (Å²) in [7, 11) is 8.88. The van der Waals surface area contributed by atoms with E-state index < -0.39 is 29.5 Å². The minimum absolute atomic E-state index is 0. The fraction of sp³-hybridized carbons (Fsp3) is 0.600. The molecule has 1 saturated carbocycles. The molecule has 16 nitrogen and oxygen atoms in total. The van der Waals surface area contributed by atoms with Gasteiger partial charge in [-0.15, -0.1) is 11.3 Å². The van der Waals surface area contributed by atoms with Crippen molar-refractivity contribution in [1.29, 1.82) is 0 Å². The van der Waals surface area contributed by atoms with E-state index in [1.54, 1.807) is 28.3 Å². The van der Waals surface area contributed by atoms with Crippen LogP contribution in [0.4, 0.5) is 10.5 Å². The van der Waals surface area contributed by atoms with Crippen molar-refractivity contribution < 1.29 is 28.7 Å². The molecule has 4 aliphatic rings. The Kier molecular flexibility index (Phi) is 21.5. The van der Waals surface area contributed by atoms with Crippen LogP contribution < -0.4 is 15.6 Å². The van der Waals surface area contributed by atoms with Crippen molar-refractivity contribution in [3.8, 4) is 22.5 Å². The fourth-order valence-electron chi connectivity index (χ4n) is 10.5. The van der Waals surface area contributed by atoms with E-state index in [-0.39, 0.29) is 96.9 Å². The van der Waals surface area contributed by atoms with Gasteiger partial charge in [0.25, 0.3) is 5.91 Å². The van der Waals surface area contributed by atoms with Gasteiger partial charge in [0, 0.05) is 107 Å². The number of thiazole rings is 1. The first-order valence-corrected chi connectivity index (χ1v) is 25.0. The number of nitrogens with one attached hydrogen (secondary N) is 2. The molecule has 1 aromatic carbocycles. The van der Waals surface area contributed by atoms with Crippen LogP contribution in [0.5, 0.6) is 0 Å². The largest absolute Gasteiger partial charge is 0.464 e. The predicted molar refractivity (Wildman–Crippen MR) is 303 cm³/mol. The Hall–Kier alpha value is -3.70. The number of amides is 4. The summed E-state index contributed by atoms with van der Waals surface area (Å²) in [5.74, 6) is -1.22. The van der Waals surface area contributed by atoms with E-state index in [1.165, 1.54) is 26.1 Å². The summed E-state index contributed by atoms with van der Waals surface area (Å²) in [6, 6.07) is 5.97.